The van der Waals surface area contributed by atoms with Crippen LogP contribution in [0, 0.1) is 13.8 Å². The molecule has 1 aliphatic rings. The molecule has 218 valence electrons. The zero-order valence-corrected chi connectivity index (χ0v) is 24.9. The molecule has 1 saturated heterocycles. The Morgan fingerprint density at radius 2 is 1.44 bits per heavy atom. The van der Waals surface area contributed by atoms with Crippen molar-refractivity contribution in [3.8, 4) is 11.4 Å². The van der Waals surface area contributed by atoms with Crippen LogP contribution in [-0.2, 0) is 6.61 Å². The number of nitrogens with zero attached hydrogens (tertiary/aromatic N) is 6. The van der Waals surface area contributed by atoms with Crippen LogP contribution in [0.1, 0.15) is 39.7 Å². The van der Waals surface area contributed by atoms with Crippen LogP contribution in [0.4, 0.5) is 0 Å². The van der Waals surface area contributed by atoms with Gasteiger partial charge >= 0.3 is 0 Å². The van der Waals surface area contributed by atoms with Gasteiger partial charge in [-0.05, 0) is 64.2 Å². The van der Waals surface area contributed by atoms with E-state index in [2.05, 4.69) is 136 Å². The fraction of sp³-hybridized carbons (Fsp3) is 0.250. The maximum atomic E-state index is 6.10. The monoisotopic (exact) mass is 570 g/mol. The van der Waals surface area contributed by atoms with Crippen molar-refractivity contribution < 1.29 is 4.74 Å². The fourth-order valence-corrected chi connectivity index (χ4v) is 5.78. The lowest BCUT2D eigenvalue weighted by molar-refractivity contribution is 0.113. The van der Waals surface area contributed by atoms with Gasteiger partial charge in [0.2, 0.25) is 0 Å². The highest BCUT2D eigenvalue weighted by Gasteiger charge is 2.31. The van der Waals surface area contributed by atoms with Crippen LogP contribution in [0.25, 0.3) is 11.8 Å². The highest BCUT2D eigenvalue weighted by atomic mass is 16.5. The lowest BCUT2D eigenvalue weighted by atomic mass is 10.0. The lowest BCUT2D eigenvalue weighted by Crippen LogP contribution is -2.48. The Morgan fingerprint density at radius 1 is 0.767 bits per heavy atom. The van der Waals surface area contributed by atoms with E-state index in [9.17, 15) is 0 Å². The second kappa shape index (κ2) is 13.6. The van der Waals surface area contributed by atoms with E-state index in [1.54, 1.807) is 0 Å². The molecule has 5 aromatic rings. The Morgan fingerprint density at radius 3 is 2.14 bits per heavy atom. The molecule has 0 unspecified atom stereocenters. The van der Waals surface area contributed by atoms with Gasteiger partial charge in [0.15, 0.2) is 5.82 Å². The van der Waals surface area contributed by atoms with Crippen molar-refractivity contribution in [3.63, 3.8) is 0 Å². The zero-order valence-electron chi connectivity index (χ0n) is 24.9. The molecule has 0 bridgehead atoms. The number of benzene rings is 4. The Labute approximate surface area is 254 Å². The molecule has 0 aliphatic carbocycles. The molecule has 0 spiro atoms. The minimum atomic E-state index is -0.0980. The fourth-order valence-electron chi connectivity index (χ4n) is 5.78. The number of hydrogen-bond acceptors (Lipinski definition) is 6. The van der Waals surface area contributed by atoms with Crippen LogP contribution < -0.4 is 4.74 Å². The lowest BCUT2D eigenvalue weighted by Gasteiger charge is -2.38. The van der Waals surface area contributed by atoms with E-state index < -0.39 is 0 Å². The average Bonchev–Trinajstić information content (AvgIpc) is 3.51. The standard InChI is InChI=1S/C36H38N6O/c1-28-11-9-12-29(2)34(28)42-36(37-38-39-42)35(32-18-20-33(21-19-32)43-27-31-15-7-4-8-16-31)41-25-23-40(24-26-41)22-10-17-30-13-5-3-6-14-30/h3-21,35H,22-27H2,1-2H3/b17-10+/t35-/m0/s1. The highest BCUT2D eigenvalue weighted by molar-refractivity contribution is 5.49. The Bertz CT molecular complexity index is 1600. The molecule has 7 nitrogen and oxygen atoms in total. The molecule has 1 fully saturated rings. The molecule has 6 rings (SSSR count). The molecular formula is C36H38N6O. The molecule has 0 N–H and O–H groups in total. The van der Waals surface area contributed by atoms with E-state index in [1.807, 2.05) is 22.9 Å². The minimum Gasteiger partial charge on any atom is -0.489 e. The van der Waals surface area contributed by atoms with Gasteiger partial charge in [-0.3, -0.25) is 9.80 Å². The van der Waals surface area contributed by atoms with E-state index in [1.165, 1.54) is 5.56 Å². The van der Waals surface area contributed by atoms with Gasteiger partial charge in [0.1, 0.15) is 12.4 Å². The normalized spacial score (nSPS) is 15.1. The van der Waals surface area contributed by atoms with Crippen LogP contribution >= 0.6 is 0 Å². The van der Waals surface area contributed by atoms with Gasteiger partial charge < -0.3 is 4.74 Å². The van der Waals surface area contributed by atoms with Crippen molar-refractivity contribution in [2.75, 3.05) is 32.7 Å². The van der Waals surface area contributed by atoms with E-state index in [4.69, 9.17) is 4.74 Å². The maximum Gasteiger partial charge on any atom is 0.178 e. The minimum absolute atomic E-state index is 0.0980. The van der Waals surface area contributed by atoms with E-state index >= 15 is 0 Å². The van der Waals surface area contributed by atoms with Crippen LogP contribution in [-0.4, -0.2) is 62.7 Å². The highest BCUT2D eigenvalue weighted by Crippen LogP contribution is 2.32. The van der Waals surface area contributed by atoms with E-state index in [0.29, 0.717) is 6.61 Å². The second-order valence-electron chi connectivity index (χ2n) is 11.1. The summed E-state index contributed by atoms with van der Waals surface area (Å²) in [5, 5.41) is 13.3. The van der Waals surface area contributed by atoms with Gasteiger partial charge in [-0.15, -0.1) is 5.10 Å². The number of piperazine rings is 1. The van der Waals surface area contributed by atoms with Crippen molar-refractivity contribution in [1.82, 2.24) is 30.0 Å². The molecule has 0 amide bonds. The quantitative estimate of drug-likeness (QED) is 0.197. The summed E-state index contributed by atoms with van der Waals surface area (Å²) in [4.78, 5) is 5.01. The van der Waals surface area contributed by atoms with Crippen molar-refractivity contribution in [2.24, 2.45) is 0 Å². The van der Waals surface area contributed by atoms with Gasteiger partial charge in [0.05, 0.1) is 11.7 Å². The van der Waals surface area contributed by atoms with Gasteiger partial charge in [0.25, 0.3) is 0 Å². The first-order valence-corrected chi connectivity index (χ1v) is 15.0. The molecule has 1 atom stereocenters. The third-order valence-electron chi connectivity index (χ3n) is 8.08. The summed E-state index contributed by atoms with van der Waals surface area (Å²) in [5.41, 5.74) is 6.86. The van der Waals surface area contributed by atoms with Crippen LogP contribution in [0.15, 0.2) is 109 Å². The summed E-state index contributed by atoms with van der Waals surface area (Å²) < 4.78 is 8.03. The SMILES string of the molecule is Cc1cccc(C)c1-n1nnnc1[C@H](c1ccc(OCc2ccccc2)cc1)N1CCN(C/C=C/c2ccccc2)CC1. The third-order valence-corrected chi connectivity index (χ3v) is 8.08. The third kappa shape index (κ3) is 6.91. The van der Waals surface area contributed by atoms with Crippen LogP contribution in [0.2, 0.25) is 0 Å². The van der Waals surface area contributed by atoms with E-state index in [0.717, 1.165) is 72.2 Å². The van der Waals surface area contributed by atoms with Crippen molar-refractivity contribution in [3.05, 3.63) is 143 Å². The number of hydrogen-bond donors (Lipinski definition) is 0. The molecule has 7 heteroatoms. The summed E-state index contributed by atoms with van der Waals surface area (Å²) >= 11 is 0. The van der Waals surface area contributed by atoms with Crippen LogP contribution in [0.3, 0.4) is 0 Å². The maximum absolute atomic E-state index is 6.10. The van der Waals surface area contributed by atoms with Crippen molar-refractivity contribution in [2.45, 2.75) is 26.5 Å². The molecule has 4 aromatic carbocycles. The Hall–Kier alpha value is -4.59. The number of tetrazole rings is 1. The molecular weight excluding hydrogens is 532 g/mol. The van der Waals surface area contributed by atoms with Crippen molar-refractivity contribution >= 4 is 6.08 Å². The van der Waals surface area contributed by atoms with E-state index in [-0.39, 0.29) is 6.04 Å². The number of aryl methyl sites for hydroxylation is 2. The Kier molecular flexibility index (Phi) is 9.02. The number of para-hydroxylation sites is 1. The van der Waals surface area contributed by atoms with Gasteiger partial charge in [-0.2, -0.15) is 4.68 Å². The number of ether oxygens (including phenoxy) is 1. The molecule has 43 heavy (non-hydrogen) atoms. The van der Waals surface area contributed by atoms with Gasteiger partial charge in [-0.25, -0.2) is 0 Å². The summed E-state index contributed by atoms with van der Waals surface area (Å²) in [6, 6.07) is 35.4. The number of rotatable bonds is 10. The number of aromatic nitrogens is 4. The predicted molar refractivity (Wildman–Crippen MR) is 171 cm³/mol. The molecule has 1 aromatic heterocycles. The topological polar surface area (TPSA) is 59.3 Å². The van der Waals surface area contributed by atoms with Gasteiger partial charge in [0, 0.05) is 32.7 Å². The zero-order chi connectivity index (χ0) is 29.4. The van der Waals surface area contributed by atoms with Crippen LogP contribution in [0.5, 0.6) is 5.75 Å². The molecule has 1 aliphatic heterocycles. The predicted octanol–water partition coefficient (Wildman–Crippen LogP) is 6.28. The summed E-state index contributed by atoms with van der Waals surface area (Å²) in [6.07, 6.45) is 4.47. The summed E-state index contributed by atoms with van der Waals surface area (Å²) in [6.45, 7) is 9.46. The van der Waals surface area contributed by atoms with Gasteiger partial charge in [-0.1, -0.05) is 103 Å². The summed E-state index contributed by atoms with van der Waals surface area (Å²) in [7, 11) is 0. The largest absolute Gasteiger partial charge is 0.489 e. The first-order chi connectivity index (χ1) is 21.2. The molecule has 0 radical (unpaired) electrons. The first kappa shape index (κ1) is 28.5. The first-order valence-electron chi connectivity index (χ1n) is 15.0. The van der Waals surface area contributed by atoms with Crippen molar-refractivity contribution in [1.29, 1.82) is 0 Å². The smallest absolute Gasteiger partial charge is 0.178 e. The second-order valence-corrected chi connectivity index (χ2v) is 11.1. The average molecular weight is 571 g/mol. The molecule has 2 heterocycles. The Balaban J connectivity index is 1.23. The summed E-state index contributed by atoms with van der Waals surface area (Å²) in [5.74, 6) is 1.67. The molecule has 0 saturated carbocycles.